The first-order valence-electron chi connectivity index (χ1n) is 9.22. The van der Waals surface area contributed by atoms with Crippen molar-refractivity contribution in [3.05, 3.63) is 99.5 Å². The van der Waals surface area contributed by atoms with Gasteiger partial charge in [-0.2, -0.15) is 0 Å². The molecule has 28 heavy (non-hydrogen) atoms. The summed E-state index contributed by atoms with van der Waals surface area (Å²) in [5.41, 5.74) is 2.04. The summed E-state index contributed by atoms with van der Waals surface area (Å²) in [4.78, 5) is 23.8. The number of furan rings is 1. The Bertz CT molecular complexity index is 989. The number of nitro benzene ring substituents is 1. The van der Waals surface area contributed by atoms with E-state index in [-0.39, 0.29) is 17.0 Å². The number of unbranched alkanes of at least 4 members (excludes halogenated alkanes) is 1. The van der Waals surface area contributed by atoms with Crippen LogP contribution < -0.4 is 0 Å². The monoisotopic (exact) mass is 375 g/mol. The molecule has 3 rings (SSSR count). The Morgan fingerprint density at radius 1 is 1.11 bits per heavy atom. The minimum absolute atomic E-state index is 0.0826. The van der Waals surface area contributed by atoms with Gasteiger partial charge in [-0.15, -0.1) is 0 Å². The van der Waals surface area contributed by atoms with Crippen LogP contribution in [0, 0.1) is 10.1 Å². The Morgan fingerprint density at radius 2 is 1.89 bits per heavy atom. The molecule has 1 heterocycles. The first-order valence-corrected chi connectivity index (χ1v) is 9.22. The smallest absolute Gasteiger partial charge is 0.280 e. The topological polar surface area (TPSA) is 73.3 Å². The van der Waals surface area contributed by atoms with E-state index in [0.717, 1.165) is 36.2 Å². The summed E-state index contributed by atoms with van der Waals surface area (Å²) < 4.78 is 5.53. The fraction of sp³-hybridized carbons (Fsp3) is 0.174. The van der Waals surface area contributed by atoms with Crippen LogP contribution in [0.3, 0.4) is 0 Å². The fourth-order valence-corrected chi connectivity index (χ4v) is 3.03. The van der Waals surface area contributed by atoms with Crippen LogP contribution in [-0.4, -0.2) is 10.7 Å². The lowest BCUT2D eigenvalue weighted by molar-refractivity contribution is -0.385. The van der Waals surface area contributed by atoms with Gasteiger partial charge in [-0.25, -0.2) is 0 Å². The van der Waals surface area contributed by atoms with Gasteiger partial charge in [0.1, 0.15) is 11.3 Å². The maximum atomic E-state index is 12.9. The molecule has 2 aromatic carbocycles. The zero-order valence-corrected chi connectivity index (χ0v) is 15.6. The zero-order chi connectivity index (χ0) is 19.9. The second-order valence-corrected chi connectivity index (χ2v) is 6.48. The van der Waals surface area contributed by atoms with Gasteiger partial charge in [-0.1, -0.05) is 43.7 Å². The van der Waals surface area contributed by atoms with Gasteiger partial charge in [0.05, 0.1) is 11.2 Å². The molecule has 0 N–H and O–H groups in total. The lowest BCUT2D eigenvalue weighted by Gasteiger charge is -2.07. The number of benzene rings is 2. The van der Waals surface area contributed by atoms with Gasteiger partial charge in [-0.3, -0.25) is 14.9 Å². The number of allylic oxidation sites excluding steroid dienone is 1. The summed E-state index contributed by atoms with van der Waals surface area (Å²) in [7, 11) is 0. The van der Waals surface area contributed by atoms with Crippen LogP contribution in [0.4, 0.5) is 5.69 Å². The molecule has 0 amide bonds. The average Bonchev–Trinajstić information content (AvgIpc) is 3.25. The van der Waals surface area contributed by atoms with Crippen molar-refractivity contribution in [3.63, 3.8) is 0 Å². The van der Waals surface area contributed by atoms with Crippen LogP contribution in [0.15, 0.2) is 71.3 Å². The third-order valence-corrected chi connectivity index (χ3v) is 4.48. The molecule has 3 aromatic rings. The van der Waals surface area contributed by atoms with Crippen LogP contribution in [0.25, 0.3) is 11.6 Å². The Labute approximate surface area is 163 Å². The third kappa shape index (κ3) is 4.43. The highest BCUT2D eigenvalue weighted by Crippen LogP contribution is 2.28. The van der Waals surface area contributed by atoms with Crippen molar-refractivity contribution >= 4 is 23.1 Å². The van der Waals surface area contributed by atoms with Crippen molar-refractivity contribution in [1.82, 2.24) is 0 Å². The largest absolute Gasteiger partial charge is 0.465 e. The summed E-state index contributed by atoms with van der Waals surface area (Å²) in [5, 5.41) is 11.4. The zero-order valence-electron chi connectivity index (χ0n) is 15.6. The first-order chi connectivity index (χ1) is 13.6. The highest BCUT2D eigenvalue weighted by Gasteiger charge is 2.21. The maximum Gasteiger partial charge on any atom is 0.280 e. The number of carbonyl (C=O) groups is 1. The second kappa shape index (κ2) is 8.95. The fourth-order valence-electron chi connectivity index (χ4n) is 3.03. The number of rotatable bonds is 8. The van der Waals surface area contributed by atoms with E-state index in [4.69, 9.17) is 4.42 Å². The van der Waals surface area contributed by atoms with E-state index in [0.29, 0.717) is 5.56 Å². The normalized spacial score (nSPS) is 11.4. The van der Waals surface area contributed by atoms with Crippen molar-refractivity contribution in [3.8, 4) is 0 Å². The number of hydrogen-bond donors (Lipinski definition) is 0. The Kier molecular flexibility index (Phi) is 6.17. The van der Waals surface area contributed by atoms with E-state index < -0.39 is 4.92 Å². The third-order valence-electron chi connectivity index (χ3n) is 4.48. The predicted octanol–water partition coefficient (Wildman–Crippen LogP) is 6.15. The molecule has 5 heteroatoms. The molecule has 1 aromatic heterocycles. The average molecular weight is 375 g/mol. The van der Waals surface area contributed by atoms with Crippen LogP contribution in [-0.2, 0) is 0 Å². The van der Waals surface area contributed by atoms with E-state index in [1.165, 1.54) is 6.07 Å². The van der Waals surface area contributed by atoms with Crippen LogP contribution >= 0.6 is 0 Å². The molecular weight excluding hydrogens is 354 g/mol. The van der Waals surface area contributed by atoms with Crippen LogP contribution in [0.2, 0.25) is 0 Å². The number of ketones is 1. The number of nitrogens with zero attached hydrogens (tertiary/aromatic N) is 1. The summed E-state index contributed by atoms with van der Waals surface area (Å²) in [5.74, 6) is 0.401. The molecule has 0 atom stereocenters. The minimum atomic E-state index is -0.520. The Hall–Kier alpha value is -3.47. The SMILES string of the molecule is CCCC/C(=C\c1ccc([N+](=O)[O-])c(C(=O)c2ccccc2)c1)c1ccco1. The van der Waals surface area contributed by atoms with Gasteiger partial charge in [0, 0.05) is 11.6 Å². The van der Waals surface area contributed by atoms with Crippen molar-refractivity contribution in [2.24, 2.45) is 0 Å². The van der Waals surface area contributed by atoms with Gasteiger partial charge in [0.2, 0.25) is 0 Å². The van der Waals surface area contributed by atoms with Gasteiger partial charge >= 0.3 is 0 Å². The molecular formula is C23H21NO4. The number of hydrogen-bond acceptors (Lipinski definition) is 4. The quantitative estimate of drug-likeness (QED) is 0.269. The van der Waals surface area contributed by atoms with Gasteiger partial charge in [0.25, 0.3) is 5.69 Å². The van der Waals surface area contributed by atoms with E-state index >= 15 is 0 Å². The molecule has 0 aliphatic rings. The summed E-state index contributed by atoms with van der Waals surface area (Å²) in [6.45, 7) is 2.11. The molecule has 0 aliphatic carbocycles. The number of nitro groups is 1. The van der Waals surface area contributed by atoms with Crippen LogP contribution in [0.5, 0.6) is 0 Å². The highest BCUT2D eigenvalue weighted by molar-refractivity contribution is 6.11. The van der Waals surface area contributed by atoms with E-state index in [2.05, 4.69) is 6.92 Å². The van der Waals surface area contributed by atoms with Crippen molar-refractivity contribution in [2.75, 3.05) is 0 Å². The summed E-state index contributed by atoms with van der Waals surface area (Å²) in [6, 6.07) is 16.9. The van der Waals surface area contributed by atoms with Crippen LogP contribution in [0.1, 0.15) is 53.4 Å². The molecule has 142 valence electrons. The molecule has 0 spiro atoms. The molecule has 0 radical (unpaired) electrons. The van der Waals surface area contributed by atoms with Crippen molar-refractivity contribution in [1.29, 1.82) is 0 Å². The Balaban J connectivity index is 2.05. The molecule has 0 saturated heterocycles. The van der Waals surface area contributed by atoms with E-state index in [9.17, 15) is 14.9 Å². The maximum absolute atomic E-state index is 12.9. The minimum Gasteiger partial charge on any atom is -0.465 e. The molecule has 5 nitrogen and oxygen atoms in total. The molecule has 0 saturated carbocycles. The molecule has 0 bridgehead atoms. The standard InChI is InChI=1S/C23H21NO4/c1-2-3-8-19(22-11-7-14-28-22)15-17-12-13-21(24(26)27)20(16-17)23(25)18-9-5-4-6-10-18/h4-7,9-16H,2-3,8H2,1H3/b19-15+. The summed E-state index contributed by atoms with van der Waals surface area (Å²) >= 11 is 0. The molecule has 0 fully saturated rings. The van der Waals surface area contributed by atoms with Gasteiger partial charge in [-0.05, 0) is 54.3 Å². The van der Waals surface area contributed by atoms with Gasteiger partial charge < -0.3 is 4.42 Å². The molecule has 0 aliphatic heterocycles. The highest BCUT2D eigenvalue weighted by atomic mass is 16.6. The lowest BCUT2D eigenvalue weighted by atomic mass is 9.97. The summed E-state index contributed by atoms with van der Waals surface area (Å²) in [6.07, 6.45) is 6.41. The Morgan fingerprint density at radius 3 is 2.54 bits per heavy atom. The van der Waals surface area contributed by atoms with E-state index in [1.807, 2.05) is 18.2 Å². The van der Waals surface area contributed by atoms with Crippen molar-refractivity contribution < 1.29 is 14.1 Å². The predicted molar refractivity (Wildman–Crippen MR) is 109 cm³/mol. The van der Waals surface area contributed by atoms with E-state index in [1.54, 1.807) is 48.7 Å². The van der Waals surface area contributed by atoms with Crippen molar-refractivity contribution in [2.45, 2.75) is 26.2 Å². The molecule has 0 unspecified atom stereocenters. The first kappa shape index (κ1) is 19.3. The second-order valence-electron chi connectivity index (χ2n) is 6.48. The lowest BCUT2D eigenvalue weighted by Crippen LogP contribution is -2.05. The van der Waals surface area contributed by atoms with Gasteiger partial charge in [0.15, 0.2) is 5.78 Å². The number of carbonyl (C=O) groups excluding carboxylic acids is 1.